The van der Waals surface area contributed by atoms with Crippen LogP contribution >= 0.6 is 0 Å². The molecule has 31 heavy (non-hydrogen) atoms. The van der Waals surface area contributed by atoms with Gasteiger partial charge in [-0.2, -0.15) is 4.31 Å². The van der Waals surface area contributed by atoms with Crippen LogP contribution in [0.25, 0.3) is 5.69 Å². The number of tetrazole rings is 1. The number of aryl methyl sites for hydroxylation is 2. The van der Waals surface area contributed by atoms with Gasteiger partial charge in [-0.1, -0.05) is 13.8 Å². The monoisotopic (exact) mass is 442 g/mol. The Labute approximate surface area is 182 Å². The highest BCUT2D eigenvalue weighted by atomic mass is 32.2. The summed E-state index contributed by atoms with van der Waals surface area (Å²) in [6, 6.07) is 8.35. The summed E-state index contributed by atoms with van der Waals surface area (Å²) >= 11 is 0. The number of rotatable bonds is 7. The largest absolute Gasteiger partial charge is 0.322 e. The Balaban J connectivity index is 1.93. The molecule has 2 aromatic carbocycles. The molecule has 0 aliphatic carbocycles. The van der Waals surface area contributed by atoms with Gasteiger partial charge in [0.15, 0.2) is 0 Å². The van der Waals surface area contributed by atoms with E-state index < -0.39 is 10.0 Å². The number of hydrogen-bond donors (Lipinski definition) is 1. The standard InChI is InChI=1S/C21H26N6O3S/c1-6-26(7-2)31(29,30)18-11-14(3)16(5)19(12-18)23-21(28)17-8-9-20(15(4)10-17)27-13-22-24-25-27/h8-13H,6-7H2,1-5H3,(H,23,28). The van der Waals surface area contributed by atoms with Crippen LogP contribution in [0.1, 0.15) is 40.9 Å². The summed E-state index contributed by atoms with van der Waals surface area (Å²) in [5.41, 5.74) is 4.11. The molecule has 0 fully saturated rings. The Hall–Kier alpha value is -3.11. The summed E-state index contributed by atoms with van der Waals surface area (Å²) in [7, 11) is -3.64. The SMILES string of the molecule is CCN(CC)S(=O)(=O)c1cc(C)c(C)c(NC(=O)c2ccc(-n3cnnn3)c(C)c2)c1. The fourth-order valence-corrected chi connectivity index (χ4v) is 4.91. The maximum absolute atomic E-state index is 13.0. The van der Waals surface area contributed by atoms with E-state index in [2.05, 4.69) is 20.8 Å². The highest BCUT2D eigenvalue weighted by molar-refractivity contribution is 7.89. The Morgan fingerprint density at radius 1 is 1.06 bits per heavy atom. The molecule has 3 rings (SSSR count). The molecule has 0 unspecified atom stereocenters. The summed E-state index contributed by atoms with van der Waals surface area (Å²) in [6.07, 6.45) is 1.48. The van der Waals surface area contributed by atoms with Gasteiger partial charge >= 0.3 is 0 Å². The topological polar surface area (TPSA) is 110 Å². The lowest BCUT2D eigenvalue weighted by Crippen LogP contribution is -2.30. The normalized spacial score (nSPS) is 11.7. The number of carbonyl (C=O) groups is 1. The van der Waals surface area contributed by atoms with E-state index in [1.807, 2.05) is 20.8 Å². The summed E-state index contributed by atoms with van der Waals surface area (Å²) in [6.45, 7) is 9.89. The Kier molecular flexibility index (Phi) is 6.51. The average Bonchev–Trinajstić information content (AvgIpc) is 3.26. The molecule has 3 aromatic rings. The zero-order chi connectivity index (χ0) is 22.8. The van der Waals surface area contributed by atoms with E-state index in [4.69, 9.17) is 0 Å². The molecule has 164 valence electrons. The van der Waals surface area contributed by atoms with Gasteiger partial charge in [0.05, 0.1) is 10.6 Å². The molecular weight excluding hydrogens is 416 g/mol. The van der Waals surface area contributed by atoms with Gasteiger partial charge in [-0.05, 0) is 78.2 Å². The van der Waals surface area contributed by atoms with Crippen LogP contribution in [-0.4, -0.2) is 51.9 Å². The summed E-state index contributed by atoms with van der Waals surface area (Å²) in [5, 5.41) is 14.0. The van der Waals surface area contributed by atoms with Crippen molar-refractivity contribution in [3.05, 3.63) is 58.9 Å². The summed E-state index contributed by atoms with van der Waals surface area (Å²) in [4.78, 5) is 13.1. The second-order valence-electron chi connectivity index (χ2n) is 7.21. The minimum Gasteiger partial charge on any atom is -0.322 e. The van der Waals surface area contributed by atoms with Crippen molar-refractivity contribution in [2.45, 2.75) is 39.5 Å². The van der Waals surface area contributed by atoms with Gasteiger partial charge in [0, 0.05) is 24.3 Å². The fourth-order valence-electron chi connectivity index (χ4n) is 3.34. The molecule has 0 saturated heterocycles. The quantitative estimate of drug-likeness (QED) is 0.602. The van der Waals surface area contributed by atoms with Crippen molar-refractivity contribution in [3.63, 3.8) is 0 Å². The molecule has 0 aliphatic rings. The second kappa shape index (κ2) is 8.94. The van der Waals surface area contributed by atoms with Crippen molar-refractivity contribution >= 4 is 21.6 Å². The van der Waals surface area contributed by atoms with Gasteiger partial charge in [0.2, 0.25) is 10.0 Å². The molecule has 0 atom stereocenters. The lowest BCUT2D eigenvalue weighted by Gasteiger charge is -2.20. The van der Waals surface area contributed by atoms with Crippen LogP contribution in [0.2, 0.25) is 0 Å². The smallest absolute Gasteiger partial charge is 0.255 e. The van der Waals surface area contributed by atoms with Gasteiger partial charge in [0.1, 0.15) is 6.33 Å². The van der Waals surface area contributed by atoms with Gasteiger partial charge in [-0.25, -0.2) is 13.1 Å². The van der Waals surface area contributed by atoms with Crippen LogP contribution in [0, 0.1) is 20.8 Å². The number of benzene rings is 2. The van der Waals surface area contributed by atoms with Gasteiger partial charge in [0.25, 0.3) is 5.91 Å². The fraction of sp³-hybridized carbons (Fsp3) is 0.333. The number of aromatic nitrogens is 4. The number of hydrogen-bond acceptors (Lipinski definition) is 6. The molecule has 1 N–H and O–H groups in total. The van der Waals surface area contributed by atoms with E-state index in [1.54, 1.807) is 38.1 Å². The first-order valence-corrected chi connectivity index (χ1v) is 11.4. The third-order valence-corrected chi connectivity index (χ3v) is 7.31. The highest BCUT2D eigenvalue weighted by Gasteiger charge is 2.23. The number of nitrogens with one attached hydrogen (secondary N) is 1. The molecule has 1 amide bonds. The average molecular weight is 443 g/mol. The zero-order valence-electron chi connectivity index (χ0n) is 18.2. The van der Waals surface area contributed by atoms with E-state index in [0.717, 1.165) is 22.4 Å². The number of anilines is 1. The number of nitrogens with zero attached hydrogens (tertiary/aromatic N) is 5. The molecule has 0 aliphatic heterocycles. The molecule has 1 heterocycles. The number of amides is 1. The van der Waals surface area contributed by atoms with Crippen LogP contribution in [0.3, 0.4) is 0 Å². The molecule has 10 heteroatoms. The summed E-state index contributed by atoms with van der Waals surface area (Å²) in [5.74, 6) is -0.328. The van der Waals surface area contributed by atoms with Gasteiger partial charge < -0.3 is 5.32 Å². The van der Waals surface area contributed by atoms with E-state index in [-0.39, 0.29) is 10.8 Å². The second-order valence-corrected chi connectivity index (χ2v) is 9.15. The molecule has 0 spiro atoms. The highest BCUT2D eigenvalue weighted by Crippen LogP contribution is 2.27. The summed E-state index contributed by atoms with van der Waals surface area (Å²) < 4.78 is 28.8. The van der Waals surface area contributed by atoms with E-state index >= 15 is 0 Å². The van der Waals surface area contributed by atoms with Crippen LogP contribution in [0.4, 0.5) is 5.69 Å². The predicted octanol–water partition coefficient (Wildman–Crippen LogP) is 2.87. The lowest BCUT2D eigenvalue weighted by atomic mass is 10.1. The van der Waals surface area contributed by atoms with Crippen molar-refractivity contribution in [1.82, 2.24) is 24.5 Å². The molecule has 0 radical (unpaired) electrons. The predicted molar refractivity (Wildman–Crippen MR) is 118 cm³/mol. The molecular formula is C21H26N6O3S. The molecule has 0 bridgehead atoms. The molecule has 0 saturated carbocycles. The third kappa shape index (κ3) is 4.49. The maximum atomic E-state index is 13.0. The Bertz CT molecular complexity index is 1200. The van der Waals surface area contributed by atoms with Crippen molar-refractivity contribution < 1.29 is 13.2 Å². The van der Waals surface area contributed by atoms with Crippen LogP contribution in [-0.2, 0) is 10.0 Å². The number of carbonyl (C=O) groups excluding carboxylic acids is 1. The molecule has 9 nitrogen and oxygen atoms in total. The Morgan fingerprint density at radius 2 is 1.77 bits per heavy atom. The minimum absolute atomic E-state index is 0.166. The minimum atomic E-state index is -3.64. The van der Waals surface area contributed by atoms with Gasteiger partial charge in [-0.15, -0.1) is 5.10 Å². The first-order chi connectivity index (χ1) is 14.7. The molecule has 1 aromatic heterocycles. The van der Waals surface area contributed by atoms with Crippen molar-refractivity contribution in [2.75, 3.05) is 18.4 Å². The Morgan fingerprint density at radius 3 is 2.35 bits per heavy atom. The first-order valence-electron chi connectivity index (χ1n) is 9.95. The van der Waals surface area contributed by atoms with Crippen molar-refractivity contribution in [2.24, 2.45) is 0 Å². The third-order valence-electron chi connectivity index (χ3n) is 5.29. The van der Waals surface area contributed by atoms with Crippen molar-refractivity contribution in [1.29, 1.82) is 0 Å². The first kappa shape index (κ1) is 22.6. The van der Waals surface area contributed by atoms with Gasteiger partial charge in [-0.3, -0.25) is 4.79 Å². The van der Waals surface area contributed by atoms with Crippen LogP contribution < -0.4 is 5.32 Å². The zero-order valence-corrected chi connectivity index (χ0v) is 19.1. The van der Waals surface area contributed by atoms with E-state index in [0.29, 0.717) is 24.3 Å². The van der Waals surface area contributed by atoms with E-state index in [1.165, 1.54) is 21.4 Å². The van der Waals surface area contributed by atoms with Crippen LogP contribution in [0.15, 0.2) is 41.6 Å². The number of sulfonamides is 1. The lowest BCUT2D eigenvalue weighted by molar-refractivity contribution is 0.102. The van der Waals surface area contributed by atoms with E-state index in [9.17, 15) is 13.2 Å². The van der Waals surface area contributed by atoms with Crippen LogP contribution in [0.5, 0.6) is 0 Å². The maximum Gasteiger partial charge on any atom is 0.255 e. The van der Waals surface area contributed by atoms with Crippen molar-refractivity contribution in [3.8, 4) is 5.69 Å².